The van der Waals surface area contributed by atoms with Crippen molar-refractivity contribution in [3.8, 4) is 0 Å². The van der Waals surface area contributed by atoms with Gasteiger partial charge < -0.3 is 9.64 Å². The molecule has 2 aliphatic heterocycles. The standard InChI is InChI=1S/C16H19N3OS/c1-12-10-14(18-11-17-12)19-6-4-16(5-7-19)15-13(2-8-20-16)3-9-21-15/h3,9-11H,2,4-8H2,1H3. The zero-order chi connectivity index (χ0) is 14.3. The van der Waals surface area contributed by atoms with Crippen molar-refractivity contribution < 1.29 is 4.74 Å². The van der Waals surface area contributed by atoms with Gasteiger partial charge in [0.05, 0.1) is 6.61 Å². The molecule has 0 aromatic carbocycles. The van der Waals surface area contributed by atoms with E-state index in [1.54, 1.807) is 6.33 Å². The molecule has 2 aromatic heterocycles. The average Bonchev–Trinajstić information content (AvgIpc) is 2.98. The largest absolute Gasteiger partial charge is 0.369 e. The Bertz CT molecular complexity index is 646. The van der Waals surface area contributed by atoms with Crippen LogP contribution in [0.5, 0.6) is 0 Å². The summed E-state index contributed by atoms with van der Waals surface area (Å²) < 4.78 is 6.25. The second kappa shape index (κ2) is 5.07. The lowest BCUT2D eigenvalue weighted by molar-refractivity contribution is -0.0735. The third kappa shape index (κ3) is 2.24. The van der Waals surface area contributed by atoms with Crippen LogP contribution in [-0.4, -0.2) is 29.7 Å². The Labute approximate surface area is 128 Å². The molecule has 110 valence electrons. The molecule has 0 unspecified atom stereocenters. The first-order chi connectivity index (χ1) is 10.3. The van der Waals surface area contributed by atoms with E-state index in [4.69, 9.17) is 4.74 Å². The number of piperidine rings is 1. The van der Waals surface area contributed by atoms with Gasteiger partial charge in [-0.1, -0.05) is 0 Å². The summed E-state index contributed by atoms with van der Waals surface area (Å²) in [6.45, 7) is 4.86. The summed E-state index contributed by atoms with van der Waals surface area (Å²) >= 11 is 1.86. The van der Waals surface area contributed by atoms with Gasteiger partial charge in [-0.05, 0) is 43.2 Å². The van der Waals surface area contributed by atoms with E-state index in [-0.39, 0.29) is 5.60 Å². The van der Waals surface area contributed by atoms with E-state index in [0.29, 0.717) is 0 Å². The van der Waals surface area contributed by atoms with Crippen molar-refractivity contribution >= 4 is 17.2 Å². The SMILES string of the molecule is Cc1cc(N2CCC3(CC2)OCCc2ccsc23)ncn1. The van der Waals surface area contributed by atoms with Crippen molar-refractivity contribution in [3.63, 3.8) is 0 Å². The highest BCUT2D eigenvalue weighted by atomic mass is 32.1. The zero-order valence-corrected chi connectivity index (χ0v) is 13.0. The number of fused-ring (bicyclic) bond motifs is 2. The predicted octanol–water partition coefficient (Wildman–Crippen LogP) is 2.91. The first kappa shape index (κ1) is 13.2. The third-order valence-electron chi connectivity index (χ3n) is 4.59. The number of rotatable bonds is 1. The molecule has 1 spiro atoms. The van der Waals surface area contributed by atoms with Crippen LogP contribution in [0.1, 0.15) is 29.0 Å². The molecule has 0 amide bonds. The molecule has 0 saturated carbocycles. The molecule has 4 nitrogen and oxygen atoms in total. The summed E-state index contributed by atoms with van der Waals surface area (Å²) in [6.07, 6.45) is 4.81. The van der Waals surface area contributed by atoms with Gasteiger partial charge in [-0.2, -0.15) is 0 Å². The minimum Gasteiger partial charge on any atom is -0.369 e. The van der Waals surface area contributed by atoms with E-state index in [2.05, 4.69) is 32.4 Å². The monoisotopic (exact) mass is 301 g/mol. The highest BCUT2D eigenvalue weighted by Gasteiger charge is 2.41. The van der Waals surface area contributed by atoms with Crippen molar-refractivity contribution in [1.82, 2.24) is 9.97 Å². The lowest BCUT2D eigenvalue weighted by Crippen LogP contribution is -2.46. The van der Waals surface area contributed by atoms with Crippen molar-refractivity contribution in [3.05, 3.63) is 40.0 Å². The fraction of sp³-hybridized carbons (Fsp3) is 0.500. The Balaban J connectivity index is 1.56. The molecule has 2 aromatic rings. The summed E-state index contributed by atoms with van der Waals surface area (Å²) in [5.41, 5.74) is 2.48. The molecule has 5 heteroatoms. The van der Waals surface area contributed by atoms with Crippen LogP contribution < -0.4 is 4.90 Å². The maximum atomic E-state index is 6.25. The number of thiophene rings is 1. The molecule has 1 fully saturated rings. The fourth-order valence-corrected chi connectivity index (χ4v) is 4.60. The number of hydrogen-bond acceptors (Lipinski definition) is 5. The lowest BCUT2D eigenvalue weighted by atomic mass is 9.85. The second-order valence-corrected chi connectivity index (χ2v) is 6.79. The topological polar surface area (TPSA) is 38.2 Å². The minimum atomic E-state index is -0.0413. The van der Waals surface area contributed by atoms with Gasteiger partial charge in [-0.15, -0.1) is 11.3 Å². The first-order valence-electron chi connectivity index (χ1n) is 7.51. The molecule has 21 heavy (non-hydrogen) atoms. The van der Waals surface area contributed by atoms with Gasteiger partial charge in [0.2, 0.25) is 0 Å². The van der Waals surface area contributed by atoms with E-state index in [9.17, 15) is 0 Å². The van der Waals surface area contributed by atoms with Crippen LogP contribution in [0.2, 0.25) is 0 Å². The number of anilines is 1. The van der Waals surface area contributed by atoms with Crippen LogP contribution in [0.15, 0.2) is 23.8 Å². The van der Waals surface area contributed by atoms with Crippen molar-refractivity contribution in [2.45, 2.75) is 31.8 Å². The molecule has 0 N–H and O–H groups in total. The van der Waals surface area contributed by atoms with Crippen LogP contribution >= 0.6 is 11.3 Å². The molecule has 0 aliphatic carbocycles. The highest BCUT2D eigenvalue weighted by Crippen LogP contribution is 2.44. The fourth-order valence-electron chi connectivity index (χ4n) is 3.44. The first-order valence-corrected chi connectivity index (χ1v) is 8.39. The van der Waals surface area contributed by atoms with Gasteiger partial charge >= 0.3 is 0 Å². The van der Waals surface area contributed by atoms with E-state index in [1.165, 1.54) is 10.4 Å². The molecule has 0 radical (unpaired) electrons. The minimum absolute atomic E-state index is 0.0413. The van der Waals surface area contributed by atoms with Crippen molar-refractivity contribution in [2.75, 3.05) is 24.6 Å². The molecule has 4 rings (SSSR count). The van der Waals surface area contributed by atoms with E-state index < -0.39 is 0 Å². The third-order valence-corrected chi connectivity index (χ3v) is 5.74. The van der Waals surface area contributed by atoms with Gasteiger partial charge in [-0.25, -0.2) is 9.97 Å². The Kier molecular flexibility index (Phi) is 3.19. The maximum Gasteiger partial charge on any atom is 0.132 e. The van der Waals surface area contributed by atoms with E-state index in [1.807, 2.05) is 18.3 Å². The molecule has 4 heterocycles. The molecule has 2 aliphatic rings. The zero-order valence-electron chi connectivity index (χ0n) is 12.2. The summed E-state index contributed by atoms with van der Waals surface area (Å²) in [7, 11) is 0. The van der Waals surface area contributed by atoms with Gasteiger partial charge in [-0.3, -0.25) is 0 Å². The van der Waals surface area contributed by atoms with Crippen LogP contribution in [0.3, 0.4) is 0 Å². The van der Waals surface area contributed by atoms with Gasteiger partial charge in [0, 0.05) is 29.7 Å². The van der Waals surface area contributed by atoms with E-state index >= 15 is 0 Å². The van der Waals surface area contributed by atoms with Crippen molar-refractivity contribution in [2.24, 2.45) is 0 Å². The van der Waals surface area contributed by atoms with Gasteiger partial charge in [0.15, 0.2) is 0 Å². The molecular formula is C16H19N3OS. The highest BCUT2D eigenvalue weighted by molar-refractivity contribution is 7.10. The Hall–Kier alpha value is -1.46. The Morgan fingerprint density at radius 3 is 2.95 bits per heavy atom. The van der Waals surface area contributed by atoms with Crippen LogP contribution in [0.4, 0.5) is 5.82 Å². The quantitative estimate of drug-likeness (QED) is 0.812. The number of hydrogen-bond donors (Lipinski definition) is 0. The summed E-state index contributed by atoms with van der Waals surface area (Å²) in [5, 5.41) is 2.21. The summed E-state index contributed by atoms with van der Waals surface area (Å²) in [4.78, 5) is 12.4. The molecule has 0 bridgehead atoms. The number of ether oxygens (including phenoxy) is 1. The summed E-state index contributed by atoms with van der Waals surface area (Å²) in [6, 6.07) is 4.33. The Morgan fingerprint density at radius 1 is 1.29 bits per heavy atom. The van der Waals surface area contributed by atoms with Crippen LogP contribution in [0.25, 0.3) is 0 Å². The Morgan fingerprint density at radius 2 is 2.14 bits per heavy atom. The molecule has 0 atom stereocenters. The lowest BCUT2D eigenvalue weighted by Gasteiger charge is -2.44. The smallest absolute Gasteiger partial charge is 0.132 e. The van der Waals surface area contributed by atoms with Crippen LogP contribution in [0, 0.1) is 6.92 Å². The van der Waals surface area contributed by atoms with Crippen molar-refractivity contribution in [1.29, 1.82) is 0 Å². The normalized spacial score (nSPS) is 20.5. The van der Waals surface area contributed by atoms with Gasteiger partial charge in [0.1, 0.15) is 17.7 Å². The predicted molar refractivity (Wildman–Crippen MR) is 83.9 cm³/mol. The van der Waals surface area contributed by atoms with Crippen LogP contribution in [-0.2, 0) is 16.8 Å². The van der Waals surface area contributed by atoms with E-state index in [0.717, 1.165) is 50.5 Å². The molecular weight excluding hydrogens is 282 g/mol. The maximum absolute atomic E-state index is 6.25. The van der Waals surface area contributed by atoms with Gasteiger partial charge in [0.25, 0.3) is 0 Å². The second-order valence-electron chi connectivity index (χ2n) is 5.87. The molecule has 1 saturated heterocycles. The number of nitrogens with zero attached hydrogens (tertiary/aromatic N) is 3. The summed E-state index contributed by atoms with van der Waals surface area (Å²) in [5.74, 6) is 1.04. The number of aryl methyl sites for hydroxylation is 1. The number of aromatic nitrogens is 2. The average molecular weight is 301 g/mol.